The number of rotatable bonds is 2. The Balaban J connectivity index is 2.18. The molecule has 0 aromatic heterocycles. The minimum absolute atomic E-state index is 0.330. The van der Waals surface area contributed by atoms with Gasteiger partial charge in [-0.05, 0) is 37.8 Å². The van der Waals surface area contributed by atoms with Crippen molar-refractivity contribution in [1.82, 2.24) is 0 Å². The first-order valence-electron chi connectivity index (χ1n) is 5.00. The molecule has 1 heteroatoms. The maximum Gasteiger partial charge on any atom is 0.0834 e. The highest BCUT2D eigenvalue weighted by atomic mass is 16.5. The molecule has 70 valence electrons. The van der Waals surface area contributed by atoms with E-state index in [0.717, 1.165) is 6.42 Å². The van der Waals surface area contributed by atoms with Crippen LogP contribution in [0.1, 0.15) is 37.5 Å². The Morgan fingerprint density at radius 1 is 1.31 bits per heavy atom. The number of aryl methyl sites for hydroxylation is 1. The normalized spacial score (nSPS) is 20.7. The summed E-state index contributed by atoms with van der Waals surface area (Å²) in [5.41, 5.74) is 2.87. The summed E-state index contributed by atoms with van der Waals surface area (Å²) in [6.45, 7) is 4.20. The standard InChI is InChI=1S/C12H16O/c1-9(2)13-12-8-7-10-5-3-4-6-11(10)12/h3-6,9,12H,7-8H2,1-2H3. The summed E-state index contributed by atoms with van der Waals surface area (Å²) in [5, 5.41) is 0. The summed E-state index contributed by atoms with van der Waals surface area (Å²) in [4.78, 5) is 0. The van der Waals surface area contributed by atoms with Crippen LogP contribution < -0.4 is 0 Å². The van der Waals surface area contributed by atoms with E-state index in [4.69, 9.17) is 4.74 Å². The molecule has 13 heavy (non-hydrogen) atoms. The first kappa shape index (κ1) is 8.76. The summed E-state index contributed by atoms with van der Waals surface area (Å²) >= 11 is 0. The van der Waals surface area contributed by atoms with E-state index in [1.165, 1.54) is 17.5 Å². The van der Waals surface area contributed by atoms with Crippen molar-refractivity contribution in [1.29, 1.82) is 0 Å². The van der Waals surface area contributed by atoms with Crippen molar-refractivity contribution < 1.29 is 4.74 Å². The number of fused-ring (bicyclic) bond motifs is 1. The molecule has 0 amide bonds. The molecule has 1 aliphatic carbocycles. The van der Waals surface area contributed by atoms with Gasteiger partial charge in [-0.1, -0.05) is 24.3 Å². The fraction of sp³-hybridized carbons (Fsp3) is 0.500. The van der Waals surface area contributed by atoms with Gasteiger partial charge in [-0.25, -0.2) is 0 Å². The summed E-state index contributed by atoms with van der Waals surface area (Å²) in [5.74, 6) is 0. The largest absolute Gasteiger partial charge is 0.371 e. The number of hydrogen-bond donors (Lipinski definition) is 0. The predicted molar refractivity (Wildman–Crippen MR) is 53.7 cm³/mol. The van der Waals surface area contributed by atoms with Crippen LogP contribution in [0, 0.1) is 0 Å². The Morgan fingerprint density at radius 3 is 2.85 bits per heavy atom. The molecule has 0 bridgehead atoms. The molecule has 1 aromatic rings. The molecule has 0 heterocycles. The fourth-order valence-corrected chi connectivity index (χ4v) is 1.99. The molecule has 2 rings (SSSR count). The molecule has 0 saturated heterocycles. The topological polar surface area (TPSA) is 9.23 Å². The van der Waals surface area contributed by atoms with E-state index in [-0.39, 0.29) is 0 Å². The van der Waals surface area contributed by atoms with Gasteiger partial charge in [0.1, 0.15) is 0 Å². The van der Waals surface area contributed by atoms with E-state index < -0.39 is 0 Å². The van der Waals surface area contributed by atoms with Gasteiger partial charge in [0.15, 0.2) is 0 Å². The molecule has 1 aromatic carbocycles. The quantitative estimate of drug-likeness (QED) is 0.672. The van der Waals surface area contributed by atoms with Gasteiger partial charge < -0.3 is 4.74 Å². The van der Waals surface area contributed by atoms with Crippen LogP contribution in [0.2, 0.25) is 0 Å². The summed E-state index contributed by atoms with van der Waals surface area (Å²) < 4.78 is 5.84. The maximum atomic E-state index is 5.84. The highest BCUT2D eigenvalue weighted by Crippen LogP contribution is 2.34. The molecule has 0 spiro atoms. The van der Waals surface area contributed by atoms with Crippen molar-refractivity contribution in [3.63, 3.8) is 0 Å². The summed E-state index contributed by atoms with van der Waals surface area (Å²) in [6, 6.07) is 8.60. The van der Waals surface area contributed by atoms with Gasteiger partial charge >= 0.3 is 0 Å². The average molecular weight is 176 g/mol. The second-order valence-electron chi connectivity index (χ2n) is 3.91. The summed E-state index contributed by atoms with van der Waals surface area (Å²) in [6.07, 6.45) is 3.00. The Morgan fingerprint density at radius 2 is 2.08 bits per heavy atom. The Kier molecular flexibility index (Phi) is 2.36. The molecule has 0 radical (unpaired) electrons. The molecule has 0 saturated carbocycles. The smallest absolute Gasteiger partial charge is 0.0834 e. The van der Waals surface area contributed by atoms with Crippen molar-refractivity contribution in [3.8, 4) is 0 Å². The molecule has 1 nitrogen and oxygen atoms in total. The lowest BCUT2D eigenvalue weighted by molar-refractivity contribution is 0.00790. The first-order valence-corrected chi connectivity index (χ1v) is 5.00. The van der Waals surface area contributed by atoms with Gasteiger partial charge in [0.2, 0.25) is 0 Å². The van der Waals surface area contributed by atoms with Crippen molar-refractivity contribution in [2.45, 2.75) is 38.9 Å². The zero-order valence-corrected chi connectivity index (χ0v) is 8.29. The fourth-order valence-electron chi connectivity index (χ4n) is 1.99. The average Bonchev–Trinajstić information content (AvgIpc) is 2.48. The van der Waals surface area contributed by atoms with Gasteiger partial charge in [0.05, 0.1) is 12.2 Å². The third-order valence-corrected chi connectivity index (χ3v) is 2.51. The van der Waals surface area contributed by atoms with E-state index in [1.54, 1.807) is 0 Å². The molecule has 0 fully saturated rings. The van der Waals surface area contributed by atoms with Crippen molar-refractivity contribution >= 4 is 0 Å². The van der Waals surface area contributed by atoms with Gasteiger partial charge in [0, 0.05) is 0 Å². The van der Waals surface area contributed by atoms with Crippen LogP contribution in [-0.4, -0.2) is 6.10 Å². The van der Waals surface area contributed by atoms with E-state index >= 15 is 0 Å². The molecule has 1 aliphatic rings. The molecule has 1 atom stereocenters. The van der Waals surface area contributed by atoms with Gasteiger partial charge in [-0.2, -0.15) is 0 Å². The molecular weight excluding hydrogens is 160 g/mol. The number of ether oxygens (including phenoxy) is 1. The van der Waals surface area contributed by atoms with E-state index in [1.807, 2.05) is 0 Å². The van der Waals surface area contributed by atoms with Crippen LogP contribution in [0.25, 0.3) is 0 Å². The molecular formula is C12H16O. The zero-order chi connectivity index (χ0) is 9.26. The Bertz CT molecular complexity index is 291. The van der Waals surface area contributed by atoms with Crippen molar-refractivity contribution in [2.24, 2.45) is 0 Å². The number of hydrogen-bond acceptors (Lipinski definition) is 1. The lowest BCUT2D eigenvalue weighted by Gasteiger charge is -2.15. The highest BCUT2D eigenvalue weighted by molar-refractivity contribution is 5.33. The highest BCUT2D eigenvalue weighted by Gasteiger charge is 2.22. The lowest BCUT2D eigenvalue weighted by atomic mass is 10.1. The minimum Gasteiger partial charge on any atom is -0.371 e. The molecule has 0 aliphatic heterocycles. The first-order chi connectivity index (χ1) is 6.27. The van der Waals surface area contributed by atoms with Crippen LogP contribution in [0.15, 0.2) is 24.3 Å². The zero-order valence-electron chi connectivity index (χ0n) is 8.29. The Hall–Kier alpha value is -0.820. The van der Waals surface area contributed by atoms with Crippen LogP contribution in [-0.2, 0) is 11.2 Å². The third kappa shape index (κ3) is 1.75. The Labute approximate surface area is 79.7 Å². The SMILES string of the molecule is CC(C)OC1CCc2ccccc21. The van der Waals surface area contributed by atoms with Gasteiger partial charge in [-0.3, -0.25) is 0 Å². The van der Waals surface area contributed by atoms with Crippen LogP contribution >= 0.6 is 0 Å². The monoisotopic (exact) mass is 176 g/mol. The second kappa shape index (κ2) is 3.51. The second-order valence-corrected chi connectivity index (χ2v) is 3.91. The van der Waals surface area contributed by atoms with Gasteiger partial charge in [-0.15, -0.1) is 0 Å². The van der Waals surface area contributed by atoms with Crippen molar-refractivity contribution in [2.75, 3.05) is 0 Å². The van der Waals surface area contributed by atoms with E-state index in [0.29, 0.717) is 12.2 Å². The van der Waals surface area contributed by atoms with E-state index in [2.05, 4.69) is 38.1 Å². The number of benzene rings is 1. The minimum atomic E-state index is 0.330. The predicted octanol–water partition coefficient (Wildman–Crippen LogP) is 3.10. The van der Waals surface area contributed by atoms with Crippen LogP contribution in [0.4, 0.5) is 0 Å². The third-order valence-electron chi connectivity index (χ3n) is 2.51. The lowest BCUT2D eigenvalue weighted by Crippen LogP contribution is -2.07. The summed E-state index contributed by atoms with van der Waals surface area (Å²) in [7, 11) is 0. The van der Waals surface area contributed by atoms with Crippen molar-refractivity contribution in [3.05, 3.63) is 35.4 Å². The molecule has 0 N–H and O–H groups in total. The maximum absolute atomic E-state index is 5.84. The van der Waals surface area contributed by atoms with E-state index in [9.17, 15) is 0 Å². The van der Waals surface area contributed by atoms with Crippen LogP contribution in [0.3, 0.4) is 0 Å². The van der Waals surface area contributed by atoms with Gasteiger partial charge in [0.25, 0.3) is 0 Å². The van der Waals surface area contributed by atoms with Crippen LogP contribution in [0.5, 0.6) is 0 Å². The molecule has 1 unspecified atom stereocenters.